The monoisotopic (exact) mass is 374 g/mol. The Morgan fingerprint density at radius 3 is 2.70 bits per heavy atom. The van der Waals surface area contributed by atoms with E-state index in [1.54, 1.807) is 29.0 Å². The molecule has 0 aromatic carbocycles. The number of furan rings is 1. The van der Waals surface area contributed by atoms with Crippen molar-refractivity contribution in [1.82, 2.24) is 20.3 Å². The lowest BCUT2D eigenvalue weighted by atomic mass is 10.0. The molecule has 3 rings (SSSR count). The fourth-order valence-corrected chi connectivity index (χ4v) is 3.06. The molecule has 0 spiro atoms. The molecule has 1 aliphatic rings. The summed E-state index contributed by atoms with van der Waals surface area (Å²) in [5.74, 6) is 1.33. The van der Waals surface area contributed by atoms with Crippen molar-refractivity contribution < 1.29 is 18.5 Å². The van der Waals surface area contributed by atoms with Crippen LogP contribution < -0.4 is 5.32 Å². The standard InChI is InChI=1S/C19H26N4O4/c1-13(2)17-11-15(21-27-17)12-22(3)19(25)20-14-6-8-23(9-7-14)18(24)16-5-4-10-26-16/h4-5,10-11,13-14H,6-9,12H2,1-3H3,(H,20,25). The Labute approximate surface area is 158 Å². The number of carbonyl (C=O) groups excluding carboxylic acids is 2. The zero-order valence-electron chi connectivity index (χ0n) is 16.0. The van der Waals surface area contributed by atoms with Crippen LogP contribution in [-0.4, -0.2) is 53.1 Å². The molecule has 1 aliphatic heterocycles. The number of amides is 3. The summed E-state index contributed by atoms with van der Waals surface area (Å²) in [4.78, 5) is 28.0. The van der Waals surface area contributed by atoms with Gasteiger partial charge in [-0.2, -0.15) is 0 Å². The Bertz CT molecular complexity index is 761. The van der Waals surface area contributed by atoms with Crippen molar-refractivity contribution in [3.05, 3.63) is 41.7 Å². The first-order valence-corrected chi connectivity index (χ1v) is 9.24. The normalized spacial score (nSPS) is 15.2. The van der Waals surface area contributed by atoms with E-state index in [1.807, 2.05) is 19.9 Å². The third kappa shape index (κ3) is 4.69. The topological polar surface area (TPSA) is 91.8 Å². The molecule has 2 aromatic heterocycles. The maximum Gasteiger partial charge on any atom is 0.317 e. The van der Waals surface area contributed by atoms with Gasteiger partial charge in [0.25, 0.3) is 5.91 Å². The zero-order valence-corrected chi connectivity index (χ0v) is 16.0. The second-order valence-electron chi connectivity index (χ2n) is 7.22. The van der Waals surface area contributed by atoms with E-state index in [-0.39, 0.29) is 23.9 Å². The van der Waals surface area contributed by atoms with Crippen LogP contribution >= 0.6 is 0 Å². The predicted octanol–water partition coefficient (Wildman–Crippen LogP) is 2.84. The van der Waals surface area contributed by atoms with Gasteiger partial charge >= 0.3 is 6.03 Å². The highest BCUT2D eigenvalue weighted by molar-refractivity contribution is 5.91. The van der Waals surface area contributed by atoms with Crippen LogP contribution in [0.3, 0.4) is 0 Å². The van der Waals surface area contributed by atoms with Crippen LogP contribution in [0, 0.1) is 0 Å². The van der Waals surface area contributed by atoms with Crippen LogP contribution in [0.5, 0.6) is 0 Å². The average molecular weight is 374 g/mol. The summed E-state index contributed by atoms with van der Waals surface area (Å²) in [7, 11) is 1.73. The Hall–Kier alpha value is -2.77. The Balaban J connectivity index is 1.45. The highest BCUT2D eigenvalue weighted by Crippen LogP contribution is 2.17. The second kappa shape index (κ2) is 8.28. The molecular formula is C19H26N4O4. The van der Waals surface area contributed by atoms with Crippen molar-refractivity contribution in [1.29, 1.82) is 0 Å². The van der Waals surface area contributed by atoms with Crippen LogP contribution in [0.4, 0.5) is 4.79 Å². The van der Waals surface area contributed by atoms with Gasteiger partial charge in [0.15, 0.2) is 5.76 Å². The van der Waals surface area contributed by atoms with E-state index < -0.39 is 0 Å². The molecule has 1 saturated heterocycles. The highest BCUT2D eigenvalue weighted by Gasteiger charge is 2.26. The van der Waals surface area contributed by atoms with Gasteiger partial charge in [-0.1, -0.05) is 19.0 Å². The molecule has 0 atom stereocenters. The molecule has 0 bridgehead atoms. The molecule has 0 unspecified atom stereocenters. The first-order chi connectivity index (χ1) is 12.9. The smallest absolute Gasteiger partial charge is 0.317 e. The Morgan fingerprint density at radius 1 is 1.37 bits per heavy atom. The van der Waals surface area contributed by atoms with Gasteiger partial charge in [-0.05, 0) is 25.0 Å². The summed E-state index contributed by atoms with van der Waals surface area (Å²) in [5.41, 5.74) is 0.732. The van der Waals surface area contributed by atoms with Crippen molar-refractivity contribution in [2.75, 3.05) is 20.1 Å². The van der Waals surface area contributed by atoms with Gasteiger partial charge in [-0.25, -0.2) is 4.79 Å². The number of likely N-dealkylation sites (tertiary alicyclic amines) is 1. The van der Waals surface area contributed by atoms with Gasteiger partial charge in [0.1, 0.15) is 11.5 Å². The molecular weight excluding hydrogens is 348 g/mol. The molecule has 1 N–H and O–H groups in total. The molecule has 8 heteroatoms. The summed E-state index contributed by atoms with van der Waals surface area (Å²) in [5, 5.41) is 7.04. The molecule has 0 aliphatic carbocycles. The average Bonchev–Trinajstić information content (AvgIpc) is 3.33. The lowest BCUT2D eigenvalue weighted by molar-refractivity contribution is 0.0674. The van der Waals surface area contributed by atoms with E-state index in [2.05, 4.69) is 10.5 Å². The number of rotatable bonds is 5. The molecule has 1 fully saturated rings. The summed E-state index contributed by atoms with van der Waals surface area (Å²) in [6, 6.07) is 5.14. The van der Waals surface area contributed by atoms with E-state index in [4.69, 9.17) is 8.94 Å². The third-order valence-electron chi connectivity index (χ3n) is 4.73. The summed E-state index contributed by atoms with van der Waals surface area (Å²) in [6.45, 7) is 5.63. The van der Waals surface area contributed by atoms with Crippen LogP contribution in [0.2, 0.25) is 0 Å². The molecule has 3 amide bonds. The van der Waals surface area contributed by atoms with Crippen molar-refractivity contribution in [3.8, 4) is 0 Å². The lowest BCUT2D eigenvalue weighted by Gasteiger charge is -2.32. The first kappa shape index (κ1) is 19.0. The van der Waals surface area contributed by atoms with Crippen LogP contribution in [0.1, 0.15) is 54.6 Å². The number of nitrogens with one attached hydrogen (secondary N) is 1. The predicted molar refractivity (Wildman–Crippen MR) is 98.2 cm³/mol. The molecule has 146 valence electrons. The summed E-state index contributed by atoms with van der Waals surface area (Å²) < 4.78 is 10.4. The number of nitrogens with zero attached hydrogens (tertiary/aromatic N) is 3. The van der Waals surface area contributed by atoms with Crippen molar-refractivity contribution in [3.63, 3.8) is 0 Å². The maximum atomic E-state index is 12.4. The fourth-order valence-electron chi connectivity index (χ4n) is 3.06. The molecule has 8 nitrogen and oxygen atoms in total. The Morgan fingerprint density at radius 2 is 2.11 bits per heavy atom. The minimum Gasteiger partial charge on any atom is -0.459 e. The zero-order chi connectivity index (χ0) is 19.4. The number of hydrogen-bond donors (Lipinski definition) is 1. The molecule has 2 aromatic rings. The molecule has 0 saturated carbocycles. The molecule has 0 radical (unpaired) electrons. The first-order valence-electron chi connectivity index (χ1n) is 9.24. The van der Waals surface area contributed by atoms with Gasteiger partial charge < -0.3 is 24.1 Å². The SMILES string of the molecule is CC(C)c1cc(CN(C)C(=O)NC2CCN(C(=O)c3ccco3)CC2)no1. The van der Waals surface area contributed by atoms with Gasteiger partial charge in [-0.3, -0.25) is 4.79 Å². The van der Waals surface area contributed by atoms with Crippen molar-refractivity contribution in [2.24, 2.45) is 0 Å². The van der Waals surface area contributed by atoms with E-state index >= 15 is 0 Å². The van der Waals surface area contributed by atoms with Gasteiger partial charge in [0.2, 0.25) is 0 Å². The van der Waals surface area contributed by atoms with E-state index in [0.29, 0.717) is 38.2 Å². The number of hydrogen-bond acceptors (Lipinski definition) is 5. The van der Waals surface area contributed by atoms with Crippen molar-refractivity contribution in [2.45, 2.75) is 45.2 Å². The van der Waals surface area contributed by atoms with Crippen LogP contribution in [0.15, 0.2) is 33.4 Å². The van der Waals surface area contributed by atoms with Crippen molar-refractivity contribution >= 4 is 11.9 Å². The van der Waals surface area contributed by atoms with Gasteiger partial charge in [0, 0.05) is 38.2 Å². The maximum absolute atomic E-state index is 12.4. The third-order valence-corrected chi connectivity index (χ3v) is 4.73. The Kier molecular flexibility index (Phi) is 5.83. The van der Waals surface area contributed by atoms with E-state index in [1.165, 1.54) is 6.26 Å². The summed E-state index contributed by atoms with van der Waals surface area (Å²) >= 11 is 0. The number of aromatic nitrogens is 1. The highest BCUT2D eigenvalue weighted by atomic mass is 16.5. The quantitative estimate of drug-likeness (QED) is 0.869. The minimum atomic E-state index is -0.153. The van der Waals surface area contributed by atoms with Gasteiger partial charge in [0.05, 0.1) is 12.8 Å². The summed E-state index contributed by atoms with van der Waals surface area (Å²) in [6.07, 6.45) is 2.93. The lowest BCUT2D eigenvalue weighted by Crippen LogP contribution is -2.49. The number of carbonyl (C=O) groups is 2. The van der Waals surface area contributed by atoms with E-state index in [0.717, 1.165) is 11.5 Å². The fraction of sp³-hybridized carbons (Fsp3) is 0.526. The largest absolute Gasteiger partial charge is 0.459 e. The molecule has 27 heavy (non-hydrogen) atoms. The van der Waals surface area contributed by atoms with Gasteiger partial charge in [-0.15, -0.1) is 0 Å². The second-order valence-corrected chi connectivity index (χ2v) is 7.22. The number of urea groups is 1. The van der Waals surface area contributed by atoms with Crippen LogP contribution in [0.25, 0.3) is 0 Å². The minimum absolute atomic E-state index is 0.0455. The van der Waals surface area contributed by atoms with Crippen LogP contribution in [-0.2, 0) is 6.54 Å². The van der Waals surface area contributed by atoms with E-state index in [9.17, 15) is 9.59 Å². The number of piperidine rings is 1. The molecule has 3 heterocycles.